The van der Waals surface area contributed by atoms with Gasteiger partial charge in [0.05, 0.1) is 37.8 Å². The van der Waals surface area contributed by atoms with Crippen LogP contribution in [0.5, 0.6) is 23.0 Å². The molecule has 6 nitrogen and oxygen atoms in total. The van der Waals surface area contributed by atoms with E-state index in [9.17, 15) is 0 Å². The van der Waals surface area contributed by atoms with Crippen molar-refractivity contribution in [2.24, 2.45) is 0 Å². The van der Waals surface area contributed by atoms with Gasteiger partial charge in [-0.05, 0) is 123 Å². The van der Waals surface area contributed by atoms with Gasteiger partial charge in [0.1, 0.15) is 23.0 Å². The van der Waals surface area contributed by atoms with Crippen molar-refractivity contribution < 1.29 is 18.9 Å². The van der Waals surface area contributed by atoms with E-state index >= 15 is 0 Å². The van der Waals surface area contributed by atoms with Crippen LogP contribution in [0.3, 0.4) is 0 Å². The lowest BCUT2D eigenvalue weighted by Gasteiger charge is -2.26. The highest BCUT2D eigenvalue weighted by Gasteiger charge is 2.18. The second-order valence-corrected chi connectivity index (χ2v) is 13.9. The first kappa shape index (κ1) is 39.0. The van der Waals surface area contributed by atoms with E-state index in [0.29, 0.717) is 26.4 Å². The molecule has 0 bridgehead atoms. The molecule has 55 heavy (non-hydrogen) atoms. The van der Waals surface area contributed by atoms with Crippen molar-refractivity contribution in [1.82, 2.24) is 4.98 Å². The molecule has 0 unspecified atom stereocenters. The van der Waals surface area contributed by atoms with E-state index in [1.807, 2.05) is 24.3 Å². The first-order valence-electron chi connectivity index (χ1n) is 19.8. The van der Waals surface area contributed by atoms with E-state index in [4.69, 9.17) is 23.9 Å². The number of benzene rings is 5. The first-order chi connectivity index (χ1) is 26.9. The molecule has 284 valence electrons. The van der Waals surface area contributed by atoms with Gasteiger partial charge in [-0.15, -0.1) is 0 Å². The molecule has 0 amide bonds. The highest BCUT2D eigenvalue weighted by Crippen LogP contribution is 2.41. The third-order valence-corrected chi connectivity index (χ3v) is 9.20. The summed E-state index contributed by atoms with van der Waals surface area (Å²) >= 11 is 0. The van der Waals surface area contributed by atoms with Crippen molar-refractivity contribution >= 4 is 17.1 Å². The standard InChI is InChI=1S/C49H54N2O4/c1-7-27-52-42-23-25-44(48(33-42)54-29-9-3)46-31-38(32-47(50-46)45-26-24-43(53-28-8-2)34-49(45)55-30-10-4)37-15-21-41(22-16-37)51(39-17-11-35(5)12-18-39)40-19-13-36(6)14-20-40/h11-26,31-34H,7-10,27-30H2,1-6H3. The molecule has 0 saturated carbocycles. The number of aryl methyl sites for hydroxylation is 2. The van der Waals surface area contributed by atoms with E-state index < -0.39 is 0 Å². The molecule has 6 rings (SSSR count). The zero-order valence-corrected chi connectivity index (χ0v) is 33.2. The first-order valence-corrected chi connectivity index (χ1v) is 19.8. The van der Waals surface area contributed by atoms with Crippen molar-refractivity contribution in [2.45, 2.75) is 67.2 Å². The van der Waals surface area contributed by atoms with Gasteiger partial charge in [0.2, 0.25) is 0 Å². The molecule has 0 aliphatic rings. The smallest absolute Gasteiger partial charge is 0.132 e. The number of aromatic nitrogens is 1. The third-order valence-electron chi connectivity index (χ3n) is 9.20. The summed E-state index contributed by atoms with van der Waals surface area (Å²) in [7, 11) is 0. The van der Waals surface area contributed by atoms with Gasteiger partial charge >= 0.3 is 0 Å². The van der Waals surface area contributed by atoms with Crippen LogP contribution in [-0.4, -0.2) is 31.4 Å². The van der Waals surface area contributed by atoms with E-state index in [-0.39, 0.29) is 0 Å². The molecule has 1 heterocycles. The SMILES string of the molecule is CCCOc1ccc(-c2cc(-c3ccc(N(c4ccc(C)cc4)c4ccc(C)cc4)cc3)cc(-c3ccc(OCCC)cc3OCCC)n2)c(OCCC)c1. The fraction of sp³-hybridized carbons (Fsp3) is 0.286. The van der Waals surface area contributed by atoms with Crippen molar-refractivity contribution in [3.8, 4) is 56.6 Å². The average Bonchev–Trinajstić information content (AvgIpc) is 3.22. The van der Waals surface area contributed by atoms with Gasteiger partial charge in [0, 0.05) is 40.3 Å². The maximum Gasteiger partial charge on any atom is 0.132 e. The molecule has 0 atom stereocenters. The van der Waals surface area contributed by atoms with Crippen LogP contribution >= 0.6 is 0 Å². The van der Waals surface area contributed by atoms with E-state index in [1.54, 1.807) is 0 Å². The zero-order chi connectivity index (χ0) is 38.6. The number of rotatable bonds is 18. The predicted molar refractivity (Wildman–Crippen MR) is 228 cm³/mol. The minimum absolute atomic E-state index is 0.588. The van der Waals surface area contributed by atoms with Gasteiger partial charge in [-0.25, -0.2) is 4.98 Å². The summed E-state index contributed by atoms with van der Waals surface area (Å²) in [4.78, 5) is 7.61. The molecule has 1 aromatic heterocycles. The highest BCUT2D eigenvalue weighted by molar-refractivity contribution is 5.83. The van der Waals surface area contributed by atoms with Crippen LogP contribution in [0.25, 0.3) is 33.6 Å². The quantitative estimate of drug-likeness (QED) is 0.0876. The van der Waals surface area contributed by atoms with E-state index in [0.717, 1.165) is 99.4 Å². The van der Waals surface area contributed by atoms with Gasteiger partial charge < -0.3 is 23.8 Å². The Bertz CT molecular complexity index is 2000. The number of nitrogens with zero attached hydrogens (tertiary/aromatic N) is 2. The fourth-order valence-corrected chi connectivity index (χ4v) is 6.32. The summed E-state index contributed by atoms with van der Waals surface area (Å²) in [5.74, 6) is 3.07. The lowest BCUT2D eigenvalue weighted by atomic mass is 9.98. The monoisotopic (exact) mass is 734 g/mol. The fourth-order valence-electron chi connectivity index (χ4n) is 6.32. The Hall–Kier alpha value is -5.75. The van der Waals surface area contributed by atoms with Crippen molar-refractivity contribution in [1.29, 1.82) is 0 Å². The Morgan fingerprint density at radius 3 is 1.20 bits per heavy atom. The second-order valence-electron chi connectivity index (χ2n) is 13.9. The maximum atomic E-state index is 6.36. The van der Waals surface area contributed by atoms with Crippen molar-refractivity contribution in [3.63, 3.8) is 0 Å². The highest BCUT2D eigenvalue weighted by atomic mass is 16.5. The molecule has 0 radical (unpaired) electrons. The minimum atomic E-state index is 0.588. The van der Waals surface area contributed by atoms with Crippen LogP contribution in [0.2, 0.25) is 0 Å². The van der Waals surface area contributed by atoms with Crippen LogP contribution in [0, 0.1) is 13.8 Å². The Kier molecular flexibility index (Phi) is 13.5. The molecular formula is C49H54N2O4. The van der Waals surface area contributed by atoms with E-state index in [2.05, 4.69) is 144 Å². The Balaban J connectivity index is 1.49. The number of hydrogen-bond donors (Lipinski definition) is 0. The largest absolute Gasteiger partial charge is 0.493 e. The molecule has 0 spiro atoms. The molecule has 0 N–H and O–H groups in total. The van der Waals surface area contributed by atoms with Crippen molar-refractivity contribution in [3.05, 3.63) is 132 Å². The Morgan fingerprint density at radius 1 is 0.418 bits per heavy atom. The summed E-state index contributed by atoms with van der Waals surface area (Å²) in [6.45, 7) is 15.1. The summed E-state index contributed by atoms with van der Waals surface area (Å²) < 4.78 is 24.7. The summed E-state index contributed by atoms with van der Waals surface area (Å²) in [6, 6.07) is 42.6. The molecule has 0 aliphatic carbocycles. The normalized spacial score (nSPS) is 10.9. The summed E-state index contributed by atoms with van der Waals surface area (Å²) in [5.41, 5.74) is 11.2. The number of ether oxygens (including phenoxy) is 4. The topological polar surface area (TPSA) is 53.1 Å². The summed E-state index contributed by atoms with van der Waals surface area (Å²) in [5, 5.41) is 0. The van der Waals surface area contributed by atoms with Crippen LogP contribution in [0.1, 0.15) is 64.5 Å². The minimum Gasteiger partial charge on any atom is -0.493 e. The molecule has 6 aromatic rings. The Morgan fingerprint density at radius 2 is 0.800 bits per heavy atom. The lowest BCUT2D eigenvalue weighted by molar-refractivity contribution is 0.302. The van der Waals surface area contributed by atoms with Crippen LogP contribution in [-0.2, 0) is 0 Å². The van der Waals surface area contributed by atoms with Gasteiger partial charge in [-0.3, -0.25) is 0 Å². The number of pyridine rings is 1. The molecule has 5 aromatic carbocycles. The lowest BCUT2D eigenvalue weighted by Crippen LogP contribution is -2.09. The number of hydrogen-bond acceptors (Lipinski definition) is 6. The Labute approximate surface area is 327 Å². The zero-order valence-electron chi connectivity index (χ0n) is 33.2. The molecule has 0 fully saturated rings. The summed E-state index contributed by atoms with van der Waals surface area (Å²) in [6.07, 6.45) is 3.63. The molecular weight excluding hydrogens is 681 g/mol. The molecule has 0 saturated heterocycles. The van der Waals surface area contributed by atoms with Gasteiger partial charge in [0.25, 0.3) is 0 Å². The van der Waals surface area contributed by atoms with Crippen LogP contribution in [0.4, 0.5) is 17.1 Å². The third kappa shape index (κ3) is 9.87. The van der Waals surface area contributed by atoms with Crippen LogP contribution < -0.4 is 23.8 Å². The van der Waals surface area contributed by atoms with Gasteiger partial charge in [-0.2, -0.15) is 0 Å². The maximum absolute atomic E-state index is 6.36. The molecule has 6 heteroatoms. The molecule has 0 aliphatic heterocycles. The van der Waals surface area contributed by atoms with Gasteiger partial charge in [0.15, 0.2) is 0 Å². The average molecular weight is 735 g/mol. The predicted octanol–water partition coefficient (Wildman–Crippen LogP) is 13.3. The van der Waals surface area contributed by atoms with Gasteiger partial charge in [-0.1, -0.05) is 75.2 Å². The van der Waals surface area contributed by atoms with E-state index in [1.165, 1.54) is 11.1 Å². The van der Waals surface area contributed by atoms with Crippen LogP contribution in [0.15, 0.2) is 121 Å². The second kappa shape index (κ2) is 19.0. The van der Waals surface area contributed by atoms with Crippen molar-refractivity contribution in [2.75, 3.05) is 31.3 Å². The number of anilines is 3.